The number of hydrogen-bond donors (Lipinski definition) is 1. The molecule has 3 fully saturated rings. The van der Waals surface area contributed by atoms with E-state index in [4.69, 9.17) is 0 Å². The first-order valence-corrected chi connectivity index (χ1v) is 11.2. The maximum Gasteiger partial charge on any atom is 0.132 e. The SMILES string of the molecule is CCCC[C@H]1C([C@@H]2CC[C@H](C(C)=O)C2)CCC2C[C@](O)(CC)CC[C@@H]21. The fraction of sp³-hybridized carbons (Fsp3) is 0.957. The molecule has 3 aliphatic rings. The van der Waals surface area contributed by atoms with Crippen LogP contribution in [0.2, 0.25) is 0 Å². The molecule has 0 aromatic heterocycles. The molecule has 0 aromatic carbocycles. The van der Waals surface area contributed by atoms with Gasteiger partial charge >= 0.3 is 0 Å². The first kappa shape index (κ1) is 19.4. The fourth-order valence-electron chi connectivity index (χ4n) is 6.78. The highest BCUT2D eigenvalue weighted by atomic mass is 16.3. The third-order valence-corrected chi connectivity index (χ3v) is 8.36. The molecule has 0 spiro atoms. The summed E-state index contributed by atoms with van der Waals surface area (Å²) in [5.74, 6) is 4.87. The summed E-state index contributed by atoms with van der Waals surface area (Å²) in [6.45, 7) is 6.26. The number of aliphatic hydroxyl groups is 1. The van der Waals surface area contributed by atoms with Crippen molar-refractivity contribution < 1.29 is 9.90 Å². The number of unbranched alkanes of at least 4 members (excludes halogenated alkanes) is 1. The molecule has 1 N–H and O–H groups in total. The molecule has 0 saturated heterocycles. The van der Waals surface area contributed by atoms with Gasteiger partial charge in [0.05, 0.1) is 5.60 Å². The second-order valence-corrected chi connectivity index (χ2v) is 9.67. The maximum absolute atomic E-state index is 11.8. The van der Waals surface area contributed by atoms with Crippen LogP contribution in [0.4, 0.5) is 0 Å². The van der Waals surface area contributed by atoms with Crippen molar-refractivity contribution in [3.8, 4) is 0 Å². The van der Waals surface area contributed by atoms with Crippen molar-refractivity contribution in [3.63, 3.8) is 0 Å². The highest BCUT2D eigenvalue weighted by Crippen LogP contribution is 2.55. The van der Waals surface area contributed by atoms with Crippen molar-refractivity contribution in [1.82, 2.24) is 0 Å². The van der Waals surface area contributed by atoms with Crippen LogP contribution < -0.4 is 0 Å². The van der Waals surface area contributed by atoms with Gasteiger partial charge in [0.25, 0.3) is 0 Å². The van der Waals surface area contributed by atoms with Crippen molar-refractivity contribution in [1.29, 1.82) is 0 Å². The van der Waals surface area contributed by atoms with E-state index in [0.29, 0.717) is 11.7 Å². The lowest BCUT2D eigenvalue weighted by atomic mass is 9.55. The van der Waals surface area contributed by atoms with E-state index in [2.05, 4.69) is 13.8 Å². The molecule has 2 nitrogen and oxygen atoms in total. The number of carbonyl (C=O) groups excluding carboxylic acids is 1. The molecular weight excluding hydrogens is 308 g/mol. The van der Waals surface area contributed by atoms with E-state index in [1.807, 2.05) is 0 Å². The Morgan fingerprint density at radius 2 is 1.76 bits per heavy atom. The first-order chi connectivity index (χ1) is 12.0. The molecular formula is C23H40O2. The van der Waals surface area contributed by atoms with Crippen LogP contribution in [0, 0.1) is 35.5 Å². The number of rotatable bonds is 6. The lowest BCUT2D eigenvalue weighted by Crippen LogP contribution is -2.46. The number of fused-ring (bicyclic) bond motifs is 1. The number of carbonyl (C=O) groups is 1. The van der Waals surface area contributed by atoms with Gasteiger partial charge in [0.2, 0.25) is 0 Å². The Labute approximate surface area is 155 Å². The molecule has 0 radical (unpaired) electrons. The average molecular weight is 349 g/mol. The summed E-state index contributed by atoms with van der Waals surface area (Å²) < 4.78 is 0. The minimum Gasteiger partial charge on any atom is -0.390 e. The summed E-state index contributed by atoms with van der Waals surface area (Å²) >= 11 is 0. The van der Waals surface area contributed by atoms with Gasteiger partial charge in [0.15, 0.2) is 0 Å². The standard InChI is InChI=1S/C23H40O2/c1-4-6-7-22-20(18-9-8-17(14-18)16(3)24)11-10-19-15-23(25,5-2)13-12-21(19)22/h17-22,25H,4-15H2,1-3H3/t17-,18+,19?,20?,21-,22-,23-/m0/s1. The molecule has 0 aromatic rings. The minimum atomic E-state index is -0.379. The van der Waals surface area contributed by atoms with Crippen LogP contribution >= 0.6 is 0 Å². The monoisotopic (exact) mass is 348 g/mol. The van der Waals surface area contributed by atoms with Crippen molar-refractivity contribution in [2.45, 2.75) is 103 Å². The normalized spacial score (nSPS) is 44.5. The Balaban J connectivity index is 1.71. The zero-order valence-corrected chi connectivity index (χ0v) is 16.8. The summed E-state index contributed by atoms with van der Waals surface area (Å²) in [5, 5.41) is 10.8. The predicted molar refractivity (Wildman–Crippen MR) is 103 cm³/mol. The summed E-state index contributed by atoms with van der Waals surface area (Å²) in [6, 6.07) is 0. The van der Waals surface area contributed by atoms with Crippen LogP contribution in [0.5, 0.6) is 0 Å². The fourth-order valence-corrected chi connectivity index (χ4v) is 6.78. The third-order valence-electron chi connectivity index (χ3n) is 8.36. The molecule has 3 aliphatic carbocycles. The lowest BCUT2D eigenvalue weighted by molar-refractivity contribution is -0.120. The second kappa shape index (κ2) is 8.11. The molecule has 0 amide bonds. The maximum atomic E-state index is 11.8. The van der Waals surface area contributed by atoms with Crippen molar-refractivity contribution in [2.24, 2.45) is 35.5 Å². The molecule has 3 rings (SSSR count). The van der Waals surface area contributed by atoms with E-state index in [1.165, 1.54) is 51.4 Å². The Hall–Kier alpha value is -0.370. The smallest absolute Gasteiger partial charge is 0.132 e. The molecule has 7 atom stereocenters. The number of Topliss-reactive ketones (excluding diaryl/α,β-unsaturated/α-hetero) is 1. The summed E-state index contributed by atoms with van der Waals surface area (Å²) in [7, 11) is 0. The summed E-state index contributed by atoms with van der Waals surface area (Å²) in [6.07, 6.45) is 14.5. The Bertz CT molecular complexity index is 459. The van der Waals surface area contributed by atoms with Crippen molar-refractivity contribution in [2.75, 3.05) is 0 Å². The van der Waals surface area contributed by atoms with Gasteiger partial charge in [0, 0.05) is 5.92 Å². The molecule has 144 valence electrons. The van der Waals surface area contributed by atoms with Gasteiger partial charge in [-0.25, -0.2) is 0 Å². The zero-order chi connectivity index (χ0) is 18.0. The predicted octanol–water partition coefficient (Wildman–Crippen LogP) is 5.77. The van der Waals surface area contributed by atoms with E-state index in [-0.39, 0.29) is 5.60 Å². The molecule has 2 unspecified atom stereocenters. The number of ketones is 1. The average Bonchev–Trinajstić information content (AvgIpc) is 3.09. The van der Waals surface area contributed by atoms with Crippen LogP contribution in [0.3, 0.4) is 0 Å². The topological polar surface area (TPSA) is 37.3 Å². The summed E-state index contributed by atoms with van der Waals surface area (Å²) in [4.78, 5) is 11.8. The zero-order valence-electron chi connectivity index (χ0n) is 16.8. The van der Waals surface area contributed by atoms with Gasteiger partial charge in [0.1, 0.15) is 5.78 Å². The van der Waals surface area contributed by atoms with Gasteiger partial charge in [-0.2, -0.15) is 0 Å². The number of hydrogen-bond acceptors (Lipinski definition) is 2. The van der Waals surface area contributed by atoms with Crippen molar-refractivity contribution in [3.05, 3.63) is 0 Å². The molecule has 3 saturated carbocycles. The highest BCUT2D eigenvalue weighted by Gasteiger charge is 2.48. The van der Waals surface area contributed by atoms with E-state index in [0.717, 1.165) is 55.3 Å². The molecule has 0 heterocycles. The van der Waals surface area contributed by atoms with E-state index in [9.17, 15) is 9.90 Å². The van der Waals surface area contributed by atoms with E-state index < -0.39 is 0 Å². The Morgan fingerprint density at radius 3 is 2.40 bits per heavy atom. The lowest BCUT2D eigenvalue weighted by Gasteiger charge is -2.51. The van der Waals surface area contributed by atoms with E-state index in [1.54, 1.807) is 6.92 Å². The van der Waals surface area contributed by atoms with Gasteiger partial charge in [-0.1, -0.05) is 26.7 Å². The van der Waals surface area contributed by atoms with Gasteiger partial charge in [-0.05, 0) is 101 Å². The first-order valence-electron chi connectivity index (χ1n) is 11.2. The van der Waals surface area contributed by atoms with Gasteiger partial charge in [-0.3, -0.25) is 4.79 Å². The largest absolute Gasteiger partial charge is 0.390 e. The van der Waals surface area contributed by atoms with Gasteiger partial charge < -0.3 is 5.11 Å². The van der Waals surface area contributed by atoms with Crippen LogP contribution in [0.15, 0.2) is 0 Å². The molecule has 0 aliphatic heterocycles. The third kappa shape index (κ3) is 4.15. The van der Waals surface area contributed by atoms with Gasteiger partial charge in [-0.15, -0.1) is 0 Å². The van der Waals surface area contributed by atoms with E-state index >= 15 is 0 Å². The molecule has 0 bridgehead atoms. The van der Waals surface area contributed by atoms with Crippen LogP contribution in [-0.4, -0.2) is 16.5 Å². The quantitative estimate of drug-likeness (QED) is 0.662. The molecule has 2 heteroatoms. The highest BCUT2D eigenvalue weighted by molar-refractivity contribution is 5.78. The van der Waals surface area contributed by atoms with Crippen LogP contribution in [-0.2, 0) is 4.79 Å². The summed E-state index contributed by atoms with van der Waals surface area (Å²) in [5.41, 5.74) is -0.379. The Morgan fingerprint density at radius 1 is 1.04 bits per heavy atom. The molecule has 25 heavy (non-hydrogen) atoms. The minimum absolute atomic E-state index is 0.353. The van der Waals surface area contributed by atoms with Crippen molar-refractivity contribution >= 4 is 5.78 Å². The second-order valence-electron chi connectivity index (χ2n) is 9.67. The Kier molecular flexibility index (Phi) is 6.29. The van der Waals surface area contributed by atoms with Crippen LogP contribution in [0.25, 0.3) is 0 Å². The van der Waals surface area contributed by atoms with Crippen LogP contribution in [0.1, 0.15) is 97.8 Å².